The number of aromatic carboxylic acids is 1. The minimum Gasteiger partial charge on any atom is -0.482 e. The summed E-state index contributed by atoms with van der Waals surface area (Å²) < 4.78 is 9.83. The Bertz CT molecular complexity index is 608. The van der Waals surface area contributed by atoms with Crippen LogP contribution >= 0.6 is 0 Å². The van der Waals surface area contributed by atoms with E-state index in [-0.39, 0.29) is 17.9 Å². The van der Waals surface area contributed by atoms with Gasteiger partial charge in [-0.25, -0.2) is 4.79 Å². The number of nitro groups is 1. The summed E-state index contributed by atoms with van der Waals surface area (Å²) in [5, 5.41) is 23.1. The van der Waals surface area contributed by atoms with E-state index in [1.807, 2.05) is 0 Å². The lowest BCUT2D eigenvalue weighted by atomic mass is 10.2. The van der Waals surface area contributed by atoms with E-state index in [0.29, 0.717) is 5.56 Å². The summed E-state index contributed by atoms with van der Waals surface area (Å²) in [5.74, 6) is -1.26. The lowest BCUT2D eigenvalue weighted by Crippen LogP contribution is -2.02. The summed E-state index contributed by atoms with van der Waals surface area (Å²) in [7, 11) is 0. The van der Waals surface area contributed by atoms with Crippen molar-refractivity contribution in [1.29, 1.82) is 0 Å². The van der Waals surface area contributed by atoms with Crippen LogP contribution in [0.2, 0.25) is 0 Å². The number of ether oxygens (including phenoxy) is 1. The highest BCUT2D eigenvalue weighted by Gasteiger charge is 2.18. The van der Waals surface area contributed by atoms with E-state index < -0.39 is 16.6 Å². The van der Waals surface area contributed by atoms with E-state index >= 15 is 0 Å². The van der Waals surface area contributed by atoms with Crippen molar-refractivity contribution in [3.8, 4) is 5.75 Å². The molecule has 8 heteroatoms. The van der Waals surface area contributed by atoms with Crippen molar-refractivity contribution in [3.63, 3.8) is 0 Å². The summed E-state index contributed by atoms with van der Waals surface area (Å²) in [6, 6.07) is 3.43. The third-order valence-electron chi connectivity index (χ3n) is 2.28. The van der Waals surface area contributed by atoms with E-state index in [1.165, 1.54) is 24.6 Å². The first-order valence-corrected chi connectivity index (χ1v) is 5.10. The third kappa shape index (κ3) is 2.86. The minimum absolute atomic E-state index is 0.0174. The molecule has 0 aliphatic rings. The number of carboxylic acid groups (broad SMARTS) is 1. The van der Waals surface area contributed by atoms with E-state index in [0.717, 1.165) is 6.07 Å². The molecule has 8 nitrogen and oxygen atoms in total. The van der Waals surface area contributed by atoms with Crippen molar-refractivity contribution in [2.45, 2.75) is 6.61 Å². The molecule has 0 saturated carbocycles. The van der Waals surface area contributed by atoms with Crippen LogP contribution in [0.3, 0.4) is 0 Å². The number of rotatable bonds is 5. The van der Waals surface area contributed by atoms with Gasteiger partial charge in [0.1, 0.15) is 12.9 Å². The highest BCUT2D eigenvalue weighted by molar-refractivity contribution is 5.88. The molecular formula is C11H8N2O6. The Hall–Kier alpha value is -2.90. The third-order valence-corrected chi connectivity index (χ3v) is 2.28. The molecule has 1 aromatic heterocycles. The standard InChI is InChI=1S/C11H8N2O6/c14-11(15)8-1-2-10(9(3-8)13(16)17)18-5-7-4-12-19-6-7/h1-4,6H,5H2,(H,14,15). The molecule has 0 fully saturated rings. The molecule has 0 aliphatic heterocycles. The summed E-state index contributed by atoms with van der Waals surface area (Å²) in [4.78, 5) is 20.9. The maximum absolute atomic E-state index is 10.9. The number of benzene rings is 1. The molecule has 1 N–H and O–H groups in total. The topological polar surface area (TPSA) is 116 Å². The predicted molar refractivity (Wildman–Crippen MR) is 60.9 cm³/mol. The van der Waals surface area contributed by atoms with Crippen LogP contribution in [-0.4, -0.2) is 21.2 Å². The molecular weight excluding hydrogens is 256 g/mol. The largest absolute Gasteiger partial charge is 0.482 e. The molecule has 0 spiro atoms. The van der Waals surface area contributed by atoms with Gasteiger partial charge in [0.05, 0.1) is 16.7 Å². The summed E-state index contributed by atoms with van der Waals surface area (Å²) in [6.07, 6.45) is 2.76. The van der Waals surface area contributed by atoms with Crippen molar-refractivity contribution in [2.75, 3.05) is 0 Å². The number of hydrogen-bond donors (Lipinski definition) is 1. The monoisotopic (exact) mass is 264 g/mol. The Balaban J connectivity index is 2.24. The molecule has 0 saturated heterocycles. The Morgan fingerprint density at radius 2 is 2.32 bits per heavy atom. The lowest BCUT2D eigenvalue weighted by molar-refractivity contribution is -0.386. The number of aromatic nitrogens is 1. The van der Waals surface area contributed by atoms with E-state index in [2.05, 4.69) is 9.68 Å². The molecule has 0 amide bonds. The first-order chi connectivity index (χ1) is 9.08. The molecule has 2 aromatic rings. The Kier molecular flexibility index (Phi) is 3.42. The molecule has 0 unspecified atom stereocenters. The zero-order valence-electron chi connectivity index (χ0n) is 9.48. The van der Waals surface area contributed by atoms with Gasteiger partial charge < -0.3 is 14.4 Å². The molecule has 98 valence electrons. The van der Waals surface area contributed by atoms with E-state index in [9.17, 15) is 14.9 Å². The molecule has 2 rings (SSSR count). The Morgan fingerprint density at radius 1 is 1.53 bits per heavy atom. The normalized spacial score (nSPS) is 10.1. The maximum Gasteiger partial charge on any atom is 0.335 e. The van der Waals surface area contributed by atoms with Crippen molar-refractivity contribution in [1.82, 2.24) is 5.16 Å². The van der Waals surface area contributed by atoms with Gasteiger partial charge in [-0.3, -0.25) is 10.1 Å². The zero-order chi connectivity index (χ0) is 13.8. The van der Waals surface area contributed by atoms with Crippen molar-refractivity contribution in [3.05, 3.63) is 51.9 Å². The fourth-order valence-corrected chi connectivity index (χ4v) is 1.37. The van der Waals surface area contributed by atoms with E-state index in [4.69, 9.17) is 9.84 Å². The summed E-state index contributed by atoms with van der Waals surface area (Å²) in [5.41, 5.74) is 0.0250. The quantitative estimate of drug-likeness (QED) is 0.647. The molecule has 1 heterocycles. The van der Waals surface area contributed by atoms with Gasteiger partial charge in [0.15, 0.2) is 5.75 Å². The second-order valence-corrected chi connectivity index (χ2v) is 3.57. The van der Waals surface area contributed by atoms with Gasteiger partial charge in [0, 0.05) is 11.6 Å². The Morgan fingerprint density at radius 3 is 2.89 bits per heavy atom. The van der Waals surface area contributed by atoms with Crippen LogP contribution in [-0.2, 0) is 6.61 Å². The van der Waals surface area contributed by atoms with Crippen molar-refractivity contribution in [2.24, 2.45) is 0 Å². The zero-order valence-corrected chi connectivity index (χ0v) is 9.48. The minimum atomic E-state index is -1.24. The van der Waals surface area contributed by atoms with Gasteiger partial charge in [0.2, 0.25) is 0 Å². The second kappa shape index (κ2) is 5.17. The SMILES string of the molecule is O=C(O)c1ccc(OCc2cnoc2)c([N+](=O)[O-])c1. The molecule has 1 aromatic carbocycles. The first-order valence-electron chi connectivity index (χ1n) is 5.10. The van der Waals surface area contributed by atoms with Crippen molar-refractivity contribution < 1.29 is 24.1 Å². The number of carboxylic acids is 1. The van der Waals surface area contributed by atoms with Gasteiger partial charge in [-0.05, 0) is 12.1 Å². The predicted octanol–water partition coefficient (Wildman–Crippen LogP) is 1.86. The number of nitrogens with zero attached hydrogens (tertiary/aromatic N) is 2. The summed E-state index contributed by atoms with van der Waals surface area (Å²) >= 11 is 0. The lowest BCUT2D eigenvalue weighted by Gasteiger charge is -2.05. The summed E-state index contributed by atoms with van der Waals surface area (Å²) in [6.45, 7) is 0.0385. The smallest absolute Gasteiger partial charge is 0.335 e. The fraction of sp³-hybridized carbons (Fsp3) is 0.0909. The van der Waals surface area contributed by atoms with Crippen LogP contribution < -0.4 is 4.74 Å². The molecule has 0 bridgehead atoms. The molecule has 0 radical (unpaired) electrons. The van der Waals surface area contributed by atoms with Crippen LogP contribution in [0.25, 0.3) is 0 Å². The average molecular weight is 264 g/mol. The van der Waals surface area contributed by atoms with Crippen LogP contribution in [0.15, 0.2) is 35.2 Å². The number of nitro benzene ring substituents is 1. The second-order valence-electron chi connectivity index (χ2n) is 3.57. The van der Waals surface area contributed by atoms with E-state index in [1.54, 1.807) is 0 Å². The van der Waals surface area contributed by atoms with Crippen molar-refractivity contribution >= 4 is 11.7 Å². The van der Waals surface area contributed by atoms with Crippen LogP contribution in [0.4, 0.5) is 5.69 Å². The molecule has 19 heavy (non-hydrogen) atoms. The van der Waals surface area contributed by atoms with Crippen LogP contribution in [0, 0.1) is 10.1 Å². The average Bonchev–Trinajstić information content (AvgIpc) is 2.89. The van der Waals surface area contributed by atoms with Gasteiger partial charge in [-0.15, -0.1) is 0 Å². The maximum atomic E-state index is 10.9. The Labute approximate surface area is 106 Å². The number of hydrogen-bond acceptors (Lipinski definition) is 6. The highest BCUT2D eigenvalue weighted by Crippen LogP contribution is 2.28. The van der Waals surface area contributed by atoms with Crippen LogP contribution in [0.1, 0.15) is 15.9 Å². The van der Waals surface area contributed by atoms with Gasteiger partial charge in [0.25, 0.3) is 0 Å². The molecule has 0 atom stereocenters. The van der Waals surface area contributed by atoms with Crippen LogP contribution in [0.5, 0.6) is 5.75 Å². The van der Waals surface area contributed by atoms with Gasteiger partial charge in [-0.1, -0.05) is 5.16 Å². The van der Waals surface area contributed by atoms with Gasteiger partial charge in [-0.2, -0.15) is 0 Å². The molecule has 0 aliphatic carbocycles. The first kappa shape index (κ1) is 12.6. The van der Waals surface area contributed by atoms with Gasteiger partial charge >= 0.3 is 11.7 Å². The highest BCUT2D eigenvalue weighted by atomic mass is 16.6. The number of carbonyl (C=O) groups is 1. The fourth-order valence-electron chi connectivity index (χ4n) is 1.37.